The molecule has 0 aliphatic rings. The summed E-state index contributed by atoms with van der Waals surface area (Å²) in [5, 5.41) is 8.24. The molecule has 1 aromatic rings. The molecule has 8 heteroatoms. The molecular formula is C10H9Cl2F3N2O. The zero-order valence-corrected chi connectivity index (χ0v) is 10.4. The van der Waals surface area contributed by atoms with Crippen molar-refractivity contribution >= 4 is 24.0 Å². The second kappa shape index (κ2) is 6.69. The molecular weight excluding hydrogens is 292 g/mol. The molecule has 0 fully saturated rings. The lowest BCUT2D eigenvalue weighted by Crippen LogP contribution is -2.17. The Labute approximate surface area is 113 Å². The SMILES string of the molecule is Cl.N#CC[C@@H](N)c1ccc(OC(F)(F)F)c(Cl)c1. The van der Waals surface area contributed by atoms with Crippen LogP contribution in [0.1, 0.15) is 18.0 Å². The summed E-state index contributed by atoms with van der Waals surface area (Å²) in [4.78, 5) is 0. The number of hydrogen-bond acceptors (Lipinski definition) is 3. The minimum absolute atomic E-state index is 0. The molecule has 3 nitrogen and oxygen atoms in total. The highest BCUT2D eigenvalue weighted by Gasteiger charge is 2.32. The van der Waals surface area contributed by atoms with Gasteiger partial charge in [-0.05, 0) is 17.7 Å². The summed E-state index contributed by atoms with van der Waals surface area (Å²) in [6.07, 6.45) is -4.74. The molecule has 0 heterocycles. The summed E-state index contributed by atoms with van der Waals surface area (Å²) in [6, 6.07) is 4.94. The molecule has 0 aromatic heterocycles. The number of hydrogen-bond donors (Lipinski definition) is 1. The zero-order chi connectivity index (χ0) is 13.1. The molecule has 0 radical (unpaired) electrons. The van der Waals surface area contributed by atoms with Crippen LogP contribution < -0.4 is 10.5 Å². The fourth-order valence-electron chi connectivity index (χ4n) is 1.17. The minimum atomic E-state index is -4.79. The summed E-state index contributed by atoms with van der Waals surface area (Å²) in [5.41, 5.74) is 6.09. The molecule has 18 heavy (non-hydrogen) atoms. The highest BCUT2D eigenvalue weighted by molar-refractivity contribution is 6.32. The van der Waals surface area contributed by atoms with Crippen LogP contribution in [0.3, 0.4) is 0 Å². The van der Waals surface area contributed by atoms with Gasteiger partial charge in [0.05, 0.1) is 17.5 Å². The maximum absolute atomic E-state index is 12.0. The first kappa shape index (κ1) is 16.8. The maximum Gasteiger partial charge on any atom is 0.573 e. The van der Waals surface area contributed by atoms with Crippen molar-refractivity contribution in [2.45, 2.75) is 18.8 Å². The lowest BCUT2D eigenvalue weighted by atomic mass is 10.1. The number of rotatable bonds is 3. The van der Waals surface area contributed by atoms with Gasteiger partial charge in [0.25, 0.3) is 0 Å². The molecule has 0 saturated heterocycles. The topological polar surface area (TPSA) is 59.0 Å². The van der Waals surface area contributed by atoms with Gasteiger partial charge in [-0.1, -0.05) is 17.7 Å². The number of nitrogens with zero attached hydrogens (tertiary/aromatic N) is 1. The van der Waals surface area contributed by atoms with Crippen LogP contribution in [0.25, 0.3) is 0 Å². The fraction of sp³-hybridized carbons (Fsp3) is 0.300. The van der Waals surface area contributed by atoms with Gasteiger partial charge in [-0.2, -0.15) is 5.26 Å². The van der Waals surface area contributed by atoms with Crippen LogP contribution in [-0.2, 0) is 0 Å². The van der Waals surface area contributed by atoms with E-state index in [1.807, 2.05) is 6.07 Å². The van der Waals surface area contributed by atoms with E-state index >= 15 is 0 Å². The normalized spacial score (nSPS) is 12.2. The van der Waals surface area contributed by atoms with Gasteiger partial charge in [0, 0.05) is 6.04 Å². The number of alkyl halides is 3. The van der Waals surface area contributed by atoms with Gasteiger partial charge < -0.3 is 10.5 Å². The van der Waals surface area contributed by atoms with Crippen molar-refractivity contribution in [2.24, 2.45) is 5.73 Å². The number of halogens is 5. The van der Waals surface area contributed by atoms with E-state index in [1.165, 1.54) is 12.1 Å². The summed E-state index contributed by atoms with van der Waals surface area (Å²) in [6.45, 7) is 0. The molecule has 0 aliphatic heterocycles. The molecule has 1 atom stereocenters. The maximum atomic E-state index is 12.0. The number of nitriles is 1. The summed E-state index contributed by atoms with van der Waals surface area (Å²) < 4.78 is 39.5. The van der Waals surface area contributed by atoms with Crippen molar-refractivity contribution in [3.8, 4) is 11.8 Å². The van der Waals surface area contributed by atoms with Gasteiger partial charge in [0.1, 0.15) is 5.75 Å². The Morgan fingerprint density at radius 3 is 2.50 bits per heavy atom. The van der Waals surface area contributed by atoms with Crippen molar-refractivity contribution in [1.29, 1.82) is 5.26 Å². The molecule has 1 aromatic carbocycles. The molecule has 1 rings (SSSR count). The molecule has 2 N–H and O–H groups in total. The Hall–Kier alpha value is -1.16. The molecule has 0 spiro atoms. The van der Waals surface area contributed by atoms with Crippen molar-refractivity contribution in [2.75, 3.05) is 0 Å². The Morgan fingerprint density at radius 2 is 2.06 bits per heavy atom. The third-order valence-electron chi connectivity index (χ3n) is 1.92. The predicted octanol–water partition coefficient (Wildman–Crippen LogP) is 3.57. The quantitative estimate of drug-likeness (QED) is 0.928. The summed E-state index contributed by atoms with van der Waals surface area (Å²) in [5.74, 6) is -0.493. The van der Waals surface area contributed by atoms with E-state index in [-0.39, 0.29) is 23.9 Å². The highest BCUT2D eigenvalue weighted by atomic mass is 35.5. The minimum Gasteiger partial charge on any atom is -0.404 e. The first-order valence-electron chi connectivity index (χ1n) is 4.51. The summed E-state index contributed by atoms with van der Waals surface area (Å²) in [7, 11) is 0. The van der Waals surface area contributed by atoms with Crippen molar-refractivity contribution in [3.05, 3.63) is 28.8 Å². The van der Waals surface area contributed by atoms with E-state index in [9.17, 15) is 13.2 Å². The monoisotopic (exact) mass is 300 g/mol. The van der Waals surface area contributed by atoms with Crippen molar-refractivity contribution in [1.82, 2.24) is 0 Å². The first-order valence-corrected chi connectivity index (χ1v) is 4.89. The van der Waals surface area contributed by atoms with E-state index in [2.05, 4.69) is 4.74 Å². The van der Waals surface area contributed by atoms with Gasteiger partial charge in [-0.15, -0.1) is 25.6 Å². The van der Waals surface area contributed by atoms with Crippen molar-refractivity contribution < 1.29 is 17.9 Å². The molecule has 100 valence electrons. The lowest BCUT2D eigenvalue weighted by Gasteiger charge is -2.13. The Bertz CT molecular complexity index is 446. The number of nitrogens with two attached hydrogens (primary N) is 1. The molecule has 0 unspecified atom stereocenters. The molecule has 0 bridgehead atoms. The first-order chi connectivity index (χ1) is 7.83. The lowest BCUT2D eigenvalue weighted by molar-refractivity contribution is -0.274. The van der Waals surface area contributed by atoms with E-state index in [0.717, 1.165) is 6.07 Å². The van der Waals surface area contributed by atoms with Gasteiger partial charge >= 0.3 is 6.36 Å². The van der Waals surface area contributed by atoms with E-state index in [4.69, 9.17) is 22.6 Å². The molecule has 0 amide bonds. The van der Waals surface area contributed by atoms with E-state index < -0.39 is 18.2 Å². The predicted molar refractivity (Wildman–Crippen MR) is 62.5 cm³/mol. The van der Waals surface area contributed by atoms with E-state index in [1.54, 1.807) is 0 Å². The van der Waals surface area contributed by atoms with Crippen LogP contribution in [0.15, 0.2) is 18.2 Å². The summed E-state index contributed by atoms with van der Waals surface area (Å²) >= 11 is 5.62. The van der Waals surface area contributed by atoms with Crippen LogP contribution in [-0.4, -0.2) is 6.36 Å². The highest BCUT2D eigenvalue weighted by Crippen LogP contribution is 2.32. The van der Waals surface area contributed by atoms with Crippen LogP contribution in [0.5, 0.6) is 5.75 Å². The number of ether oxygens (including phenoxy) is 1. The van der Waals surface area contributed by atoms with Crippen LogP contribution in [0, 0.1) is 11.3 Å². The van der Waals surface area contributed by atoms with Crippen LogP contribution >= 0.6 is 24.0 Å². The number of benzene rings is 1. The molecule has 0 saturated carbocycles. The second-order valence-corrected chi connectivity index (χ2v) is 3.61. The largest absolute Gasteiger partial charge is 0.573 e. The fourth-order valence-corrected chi connectivity index (χ4v) is 1.40. The Morgan fingerprint density at radius 1 is 1.44 bits per heavy atom. The van der Waals surface area contributed by atoms with Crippen LogP contribution in [0.4, 0.5) is 13.2 Å². The van der Waals surface area contributed by atoms with Gasteiger partial charge in [0.15, 0.2) is 0 Å². The van der Waals surface area contributed by atoms with E-state index in [0.29, 0.717) is 5.56 Å². The average molecular weight is 301 g/mol. The van der Waals surface area contributed by atoms with Crippen molar-refractivity contribution in [3.63, 3.8) is 0 Å². The second-order valence-electron chi connectivity index (χ2n) is 3.21. The third kappa shape index (κ3) is 5.00. The zero-order valence-electron chi connectivity index (χ0n) is 8.87. The Balaban J connectivity index is 0.00000289. The molecule has 0 aliphatic carbocycles. The van der Waals surface area contributed by atoms with Gasteiger partial charge in [-0.25, -0.2) is 0 Å². The van der Waals surface area contributed by atoms with Gasteiger partial charge in [0.2, 0.25) is 0 Å². The Kier molecular flexibility index (Phi) is 6.26. The van der Waals surface area contributed by atoms with Crippen LogP contribution in [0.2, 0.25) is 5.02 Å². The third-order valence-corrected chi connectivity index (χ3v) is 2.22. The van der Waals surface area contributed by atoms with Gasteiger partial charge in [-0.3, -0.25) is 0 Å². The smallest absolute Gasteiger partial charge is 0.404 e. The standard InChI is InChI=1S/C10H8ClF3N2O.ClH/c11-7-5-6(8(16)3-4-15)1-2-9(7)17-10(12,13)14;/h1-2,5,8H,3,16H2;1H/t8-;/m1./s1. The average Bonchev–Trinajstić information content (AvgIpc) is 2.19.